The summed E-state index contributed by atoms with van der Waals surface area (Å²) in [6.45, 7) is 2.23. The maximum absolute atomic E-state index is 11.6. The topological polar surface area (TPSA) is 45.8 Å². The minimum atomic E-state index is 0.186. The van der Waals surface area contributed by atoms with Crippen LogP contribution in [0.15, 0.2) is 12.5 Å². The molecule has 1 aromatic heterocycles. The lowest BCUT2D eigenvalue weighted by molar-refractivity contribution is 0.0975. The Morgan fingerprint density at radius 1 is 1.19 bits per heavy atom. The average molecular weight is 222 g/mol. The first kappa shape index (κ1) is 12.9. The lowest BCUT2D eigenvalue weighted by atomic mass is 10.1. The number of nitrogens with zero attached hydrogens (tertiary/aromatic N) is 1. The molecule has 0 saturated heterocycles. The molecule has 0 saturated carbocycles. The molecule has 90 valence electrons. The Morgan fingerprint density at radius 2 is 1.88 bits per heavy atom. The fraction of sp³-hybridized carbons (Fsp3) is 0.692. The molecule has 3 nitrogen and oxygen atoms in total. The number of hydrogen-bond acceptors (Lipinski definition) is 2. The minimum absolute atomic E-state index is 0.186. The van der Waals surface area contributed by atoms with Crippen molar-refractivity contribution >= 4 is 5.78 Å². The summed E-state index contributed by atoms with van der Waals surface area (Å²) in [6, 6.07) is 0. The van der Waals surface area contributed by atoms with Crippen LogP contribution in [0.4, 0.5) is 0 Å². The maximum atomic E-state index is 11.6. The van der Waals surface area contributed by atoms with Crippen molar-refractivity contribution in [3.63, 3.8) is 0 Å². The van der Waals surface area contributed by atoms with Crippen molar-refractivity contribution in [2.24, 2.45) is 0 Å². The molecule has 0 radical (unpaired) electrons. The number of unbranched alkanes of at least 4 members (excludes halogenated alkanes) is 6. The number of nitrogens with one attached hydrogen (secondary N) is 1. The van der Waals surface area contributed by atoms with E-state index in [2.05, 4.69) is 16.9 Å². The summed E-state index contributed by atoms with van der Waals surface area (Å²) in [5, 5.41) is 0. The Bertz CT molecular complexity index is 280. The standard InChI is InChI=1S/C13H22N2O/c1-2-3-4-5-6-7-8-9-13(16)12-10-14-11-15-12/h10-11H,2-9H2,1H3,(H,14,15). The summed E-state index contributed by atoms with van der Waals surface area (Å²) in [7, 11) is 0. The van der Waals surface area contributed by atoms with Crippen LogP contribution in [0.3, 0.4) is 0 Å². The fourth-order valence-corrected chi connectivity index (χ4v) is 1.79. The predicted molar refractivity (Wildman–Crippen MR) is 65.5 cm³/mol. The van der Waals surface area contributed by atoms with Crippen LogP contribution < -0.4 is 0 Å². The summed E-state index contributed by atoms with van der Waals surface area (Å²) in [4.78, 5) is 18.3. The smallest absolute Gasteiger partial charge is 0.180 e. The van der Waals surface area contributed by atoms with E-state index in [0.29, 0.717) is 12.1 Å². The summed E-state index contributed by atoms with van der Waals surface area (Å²) in [5.74, 6) is 0.186. The first-order valence-corrected chi connectivity index (χ1v) is 6.36. The second-order valence-corrected chi connectivity index (χ2v) is 4.26. The zero-order valence-electron chi connectivity index (χ0n) is 10.2. The molecule has 1 N–H and O–H groups in total. The highest BCUT2D eigenvalue weighted by molar-refractivity contribution is 5.93. The third-order valence-corrected chi connectivity index (χ3v) is 2.81. The molecule has 0 aliphatic heterocycles. The Labute approximate surface area is 97.7 Å². The van der Waals surface area contributed by atoms with Gasteiger partial charge in [-0.15, -0.1) is 0 Å². The molecular weight excluding hydrogens is 200 g/mol. The summed E-state index contributed by atoms with van der Waals surface area (Å²) >= 11 is 0. The molecule has 16 heavy (non-hydrogen) atoms. The first-order valence-electron chi connectivity index (χ1n) is 6.36. The van der Waals surface area contributed by atoms with E-state index in [-0.39, 0.29) is 5.78 Å². The number of hydrogen-bond donors (Lipinski definition) is 1. The fourth-order valence-electron chi connectivity index (χ4n) is 1.79. The number of aromatic amines is 1. The van der Waals surface area contributed by atoms with Crippen molar-refractivity contribution in [1.29, 1.82) is 0 Å². The van der Waals surface area contributed by atoms with Crippen LogP contribution >= 0.6 is 0 Å². The largest absolute Gasteiger partial charge is 0.342 e. The van der Waals surface area contributed by atoms with Crippen LogP contribution in [0.2, 0.25) is 0 Å². The second-order valence-electron chi connectivity index (χ2n) is 4.26. The highest BCUT2D eigenvalue weighted by atomic mass is 16.1. The van der Waals surface area contributed by atoms with Crippen molar-refractivity contribution in [1.82, 2.24) is 9.97 Å². The average Bonchev–Trinajstić information content (AvgIpc) is 2.81. The molecule has 0 spiro atoms. The van der Waals surface area contributed by atoms with Gasteiger partial charge >= 0.3 is 0 Å². The molecule has 0 aliphatic rings. The molecule has 0 amide bonds. The number of carbonyl (C=O) groups excluding carboxylic acids is 1. The van der Waals surface area contributed by atoms with E-state index in [1.165, 1.54) is 38.5 Å². The van der Waals surface area contributed by atoms with Gasteiger partial charge in [0, 0.05) is 6.42 Å². The van der Waals surface area contributed by atoms with Gasteiger partial charge < -0.3 is 4.98 Å². The number of Topliss-reactive ketones (excluding diaryl/α,β-unsaturated/α-hetero) is 1. The van der Waals surface area contributed by atoms with Gasteiger partial charge in [-0.05, 0) is 6.42 Å². The number of carbonyl (C=O) groups is 1. The van der Waals surface area contributed by atoms with Gasteiger partial charge in [0.15, 0.2) is 5.78 Å². The third-order valence-electron chi connectivity index (χ3n) is 2.81. The van der Waals surface area contributed by atoms with Gasteiger partial charge in [-0.3, -0.25) is 4.79 Å². The highest BCUT2D eigenvalue weighted by Crippen LogP contribution is 2.10. The first-order chi connectivity index (χ1) is 7.84. The molecule has 0 aromatic carbocycles. The lowest BCUT2D eigenvalue weighted by Gasteiger charge is -2.00. The van der Waals surface area contributed by atoms with Crippen LogP contribution in [-0.4, -0.2) is 15.8 Å². The zero-order chi connectivity index (χ0) is 11.6. The normalized spacial score (nSPS) is 10.6. The minimum Gasteiger partial charge on any atom is -0.342 e. The Morgan fingerprint density at radius 3 is 2.50 bits per heavy atom. The van der Waals surface area contributed by atoms with E-state index in [1.807, 2.05) is 0 Å². The van der Waals surface area contributed by atoms with Gasteiger partial charge in [-0.1, -0.05) is 45.4 Å². The molecule has 1 aromatic rings. The predicted octanol–water partition coefficient (Wildman–Crippen LogP) is 3.73. The van der Waals surface area contributed by atoms with Crippen LogP contribution in [0.25, 0.3) is 0 Å². The van der Waals surface area contributed by atoms with Gasteiger partial charge in [0.25, 0.3) is 0 Å². The number of rotatable bonds is 9. The molecule has 0 atom stereocenters. The molecule has 0 fully saturated rings. The van der Waals surface area contributed by atoms with Crippen LogP contribution in [0.5, 0.6) is 0 Å². The maximum Gasteiger partial charge on any atom is 0.180 e. The quantitative estimate of drug-likeness (QED) is 0.511. The van der Waals surface area contributed by atoms with Gasteiger partial charge in [0.2, 0.25) is 0 Å². The van der Waals surface area contributed by atoms with Crippen molar-refractivity contribution in [2.75, 3.05) is 0 Å². The zero-order valence-corrected chi connectivity index (χ0v) is 10.2. The molecule has 1 rings (SSSR count). The summed E-state index contributed by atoms with van der Waals surface area (Å²) in [5.41, 5.74) is 0.644. The number of H-pyrrole nitrogens is 1. The van der Waals surface area contributed by atoms with E-state index >= 15 is 0 Å². The molecular formula is C13H22N2O. The van der Waals surface area contributed by atoms with Crippen molar-refractivity contribution in [3.05, 3.63) is 18.2 Å². The van der Waals surface area contributed by atoms with Crippen molar-refractivity contribution in [3.8, 4) is 0 Å². The Kier molecular flexibility index (Phi) is 6.54. The van der Waals surface area contributed by atoms with Crippen LogP contribution in [0.1, 0.15) is 68.8 Å². The van der Waals surface area contributed by atoms with E-state index in [1.54, 1.807) is 12.5 Å². The highest BCUT2D eigenvalue weighted by Gasteiger charge is 2.05. The SMILES string of the molecule is CCCCCCCCCC(=O)c1cnc[nH]1. The number of ketones is 1. The van der Waals surface area contributed by atoms with E-state index < -0.39 is 0 Å². The molecule has 0 unspecified atom stereocenters. The Hall–Kier alpha value is -1.12. The van der Waals surface area contributed by atoms with E-state index in [9.17, 15) is 4.79 Å². The molecule has 0 bridgehead atoms. The summed E-state index contributed by atoms with van der Waals surface area (Å²) < 4.78 is 0. The van der Waals surface area contributed by atoms with Gasteiger partial charge in [-0.25, -0.2) is 4.98 Å². The van der Waals surface area contributed by atoms with E-state index in [4.69, 9.17) is 0 Å². The molecule has 1 heterocycles. The third kappa shape index (κ3) is 5.10. The van der Waals surface area contributed by atoms with Gasteiger partial charge in [0.1, 0.15) is 5.69 Å². The molecule has 0 aliphatic carbocycles. The summed E-state index contributed by atoms with van der Waals surface area (Å²) in [6.07, 6.45) is 12.5. The molecule has 3 heteroatoms. The van der Waals surface area contributed by atoms with Crippen LogP contribution in [0, 0.1) is 0 Å². The Balaban J connectivity index is 1.97. The second kappa shape index (κ2) is 8.08. The number of aromatic nitrogens is 2. The van der Waals surface area contributed by atoms with E-state index in [0.717, 1.165) is 6.42 Å². The van der Waals surface area contributed by atoms with Gasteiger partial charge in [-0.2, -0.15) is 0 Å². The van der Waals surface area contributed by atoms with Crippen molar-refractivity contribution in [2.45, 2.75) is 58.3 Å². The van der Waals surface area contributed by atoms with Crippen LogP contribution in [-0.2, 0) is 0 Å². The lowest BCUT2D eigenvalue weighted by Crippen LogP contribution is -1.98. The monoisotopic (exact) mass is 222 g/mol. The van der Waals surface area contributed by atoms with Crippen molar-refractivity contribution < 1.29 is 4.79 Å². The number of imidazole rings is 1. The van der Waals surface area contributed by atoms with Gasteiger partial charge in [0.05, 0.1) is 12.5 Å².